The van der Waals surface area contributed by atoms with E-state index in [1.807, 2.05) is 0 Å². The van der Waals surface area contributed by atoms with E-state index in [0.717, 1.165) is 6.07 Å². The minimum Gasteiger partial charge on any atom is -0.302 e. The minimum absolute atomic E-state index is 0.0204. The average Bonchev–Trinajstić information content (AvgIpc) is 2.16. The lowest BCUT2D eigenvalue weighted by Crippen LogP contribution is -1.98. The third-order valence-electron chi connectivity index (χ3n) is 1.50. The zero-order valence-corrected chi connectivity index (χ0v) is 8.38. The Kier molecular flexibility index (Phi) is 3.64. The van der Waals surface area contributed by atoms with E-state index in [4.69, 9.17) is 9.11 Å². The second-order valence-electron chi connectivity index (χ2n) is 2.32. The van der Waals surface area contributed by atoms with Crippen LogP contribution >= 0.6 is 0 Å². The molecule has 0 spiro atoms. The lowest BCUT2D eigenvalue weighted by atomic mass is 10.2. The molecule has 5 nitrogen and oxygen atoms in total. The molecule has 76 valence electrons. The summed E-state index contributed by atoms with van der Waals surface area (Å²) in [4.78, 5) is 10.2. The molecule has 0 aliphatic heterocycles. The molecule has 1 aromatic carbocycles. The summed E-state index contributed by atoms with van der Waals surface area (Å²) in [5.74, 6) is 0. The molecule has 0 amide bonds. The second-order valence-corrected chi connectivity index (χ2v) is 4.22. The van der Waals surface area contributed by atoms with Gasteiger partial charge in [0.25, 0.3) is 0 Å². The quantitative estimate of drug-likeness (QED) is 0.592. The maximum absolute atomic E-state index is 10.7. The van der Waals surface area contributed by atoms with Crippen LogP contribution in [0, 0.1) is 0 Å². The van der Waals surface area contributed by atoms with Crippen LogP contribution in [0.5, 0.6) is 0 Å². The molecule has 0 aromatic heterocycles. The average molecular weight is 234 g/mol. The van der Waals surface area contributed by atoms with Gasteiger partial charge in [-0.1, -0.05) is 0 Å². The molecule has 2 unspecified atom stereocenters. The summed E-state index contributed by atoms with van der Waals surface area (Å²) in [6, 6.07) is 3.52. The van der Waals surface area contributed by atoms with Crippen LogP contribution in [0.3, 0.4) is 0 Å². The number of hydrogen-bond donors (Lipinski definition) is 2. The fourth-order valence-corrected chi connectivity index (χ4v) is 1.90. The van der Waals surface area contributed by atoms with E-state index in [0.29, 0.717) is 6.29 Å². The van der Waals surface area contributed by atoms with Gasteiger partial charge in [0.1, 0.15) is 0 Å². The molecule has 0 saturated carbocycles. The smallest absolute Gasteiger partial charge is 0.187 e. The van der Waals surface area contributed by atoms with Gasteiger partial charge in [-0.2, -0.15) is 0 Å². The van der Waals surface area contributed by atoms with Crippen molar-refractivity contribution >= 4 is 28.4 Å². The Bertz CT molecular complexity index is 415. The summed E-state index contributed by atoms with van der Waals surface area (Å²) < 4.78 is 38.8. The highest BCUT2D eigenvalue weighted by molar-refractivity contribution is 7.80. The molecule has 0 bridgehead atoms. The molecule has 0 fully saturated rings. The number of aldehydes is 1. The van der Waals surface area contributed by atoms with Crippen molar-refractivity contribution < 1.29 is 22.3 Å². The van der Waals surface area contributed by atoms with Gasteiger partial charge in [-0.3, -0.25) is 4.79 Å². The third-order valence-corrected chi connectivity index (χ3v) is 2.89. The SMILES string of the molecule is O=Cc1ccc(S(=O)O)cc1S(=O)O. The van der Waals surface area contributed by atoms with Crippen molar-refractivity contribution in [3.8, 4) is 0 Å². The molecule has 2 atom stereocenters. The highest BCUT2D eigenvalue weighted by Gasteiger charge is 2.10. The molecule has 0 saturated heterocycles. The predicted octanol–water partition coefficient (Wildman–Crippen LogP) is 0.660. The van der Waals surface area contributed by atoms with Crippen molar-refractivity contribution in [2.75, 3.05) is 0 Å². The maximum Gasteiger partial charge on any atom is 0.187 e. The van der Waals surface area contributed by atoms with E-state index in [9.17, 15) is 13.2 Å². The molecule has 2 N–H and O–H groups in total. The number of carbonyl (C=O) groups excluding carboxylic acids is 1. The van der Waals surface area contributed by atoms with Crippen LogP contribution in [-0.4, -0.2) is 23.8 Å². The van der Waals surface area contributed by atoms with Gasteiger partial charge in [-0.15, -0.1) is 0 Å². The zero-order chi connectivity index (χ0) is 10.7. The van der Waals surface area contributed by atoms with Crippen molar-refractivity contribution in [2.45, 2.75) is 9.79 Å². The van der Waals surface area contributed by atoms with E-state index in [-0.39, 0.29) is 15.4 Å². The van der Waals surface area contributed by atoms with Gasteiger partial charge in [0.05, 0.1) is 9.79 Å². The summed E-state index contributed by atoms with van der Waals surface area (Å²) in [5.41, 5.74) is 0.0278. The van der Waals surface area contributed by atoms with Gasteiger partial charge in [0, 0.05) is 5.56 Å². The van der Waals surface area contributed by atoms with Crippen molar-refractivity contribution in [1.82, 2.24) is 0 Å². The normalized spacial score (nSPS) is 14.7. The monoisotopic (exact) mass is 234 g/mol. The van der Waals surface area contributed by atoms with Crippen molar-refractivity contribution in [3.63, 3.8) is 0 Å². The Morgan fingerprint density at radius 1 is 1.14 bits per heavy atom. The number of hydrogen-bond acceptors (Lipinski definition) is 3. The number of rotatable bonds is 3. The maximum atomic E-state index is 10.7. The van der Waals surface area contributed by atoms with Crippen LogP contribution in [0.1, 0.15) is 10.4 Å². The van der Waals surface area contributed by atoms with Gasteiger partial charge in [0.2, 0.25) is 0 Å². The first-order chi connectivity index (χ1) is 6.56. The Labute approximate surface area is 84.7 Å². The van der Waals surface area contributed by atoms with Gasteiger partial charge < -0.3 is 9.11 Å². The molecule has 7 heteroatoms. The lowest BCUT2D eigenvalue weighted by Gasteiger charge is -2.01. The first-order valence-electron chi connectivity index (χ1n) is 3.37. The van der Waals surface area contributed by atoms with Crippen molar-refractivity contribution in [3.05, 3.63) is 23.8 Å². The van der Waals surface area contributed by atoms with Crippen LogP contribution in [0.25, 0.3) is 0 Å². The van der Waals surface area contributed by atoms with Gasteiger partial charge >= 0.3 is 0 Å². The summed E-state index contributed by atoms with van der Waals surface area (Å²) in [7, 11) is 0. The highest BCUT2D eigenvalue weighted by Crippen LogP contribution is 2.15. The standard InChI is InChI=1S/C7H6O5S2/c8-4-5-1-2-6(13(9)10)3-7(5)14(11)12/h1-4H,(H,9,10)(H,11,12). The fourth-order valence-electron chi connectivity index (χ4n) is 0.872. The van der Waals surface area contributed by atoms with E-state index in [1.165, 1.54) is 12.1 Å². The molecule has 0 aliphatic rings. The van der Waals surface area contributed by atoms with Crippen LogP contribution < -0.4 is 0 Å². The largest absolute Gasteiger partial charge is 0.302 e. The topological polar surface area (TPSA) is 91.7 Å². The number of carbonyl (C=O) groups is 1. The van der Waals surface area contributed by atoms with E-state index < -0.39 is 22.2 Å². The number of benzene rings is 1. The highest BCUT2D eigenvalue weighted by atomic mass is 32.2. The summed E-state index contributed by atoms with van der Waals surface area (Å²) in [5, 5.41) is 0. The van der Waals surface area contributed by atoms with Crippen molar-refractivity contribution in [2.24, 2.45) is 0 Å². The Morgan fingerprint density at radius 2 is 1.79 bits per heavy atom. The van der Waals surface area contributed by atoms with Crippen LogP contribution in [0.2, 0.25) is 0 Å². The Balaban J connectivity index is 3.34. The van der Waals surface area contributed by atoms with Crippen molar-refractivity contribution in [1.29, 1.82) is 0 Å². The predicted molar refractivity (Wildman–Crippen MR) is 49.9 cm³/mol. The lowest BCUT2D eigenvalue weighted by molar-refractivity contribution is 0.112. The summed E-state index contributed by atoms with van der Waals surface area (Å²) in [6.45, 7) is 0. The van der Waals surface area contributed by atoms with Crippen LogP contribution in [0.15, 0.2) is 28.0 Å². The van der Waals surface area contributed by atoms with E-state index in [1.54, 1.807) is 0 Å². The second kappa shape index (κ2) is 4.56. The summed E-state index contributed by atoms with van der Waals surface area (Å²) >= 11 is -4.57. The molecule has 1 aromatic rings. The van der Waals surface area contributed by atoms with Gasteiger partial charge in [0.15, 0.2) is 28.4 Å². The first-order valence-corrected chi connectivity index (χ1v) is 5.58. The first kappa shape index (κ1) is 11.2. The molecular weight excluding hydrogens is 228 g/mol. The minimum atomic E-state index is -2.34. The molecule has 0 heterocycles. The van der Waals surface area contributed by atoms with E-state index in [2.05, 4.69) is 0 Å². The molecular formula is C7H6O5S2. The van der Waals surface area contributed by atoms with Gasteiger partial charge in [-0.25, -0.2) is 8.42 Å². The molecule has 0 radical (unpaired) electrons. The summed E-state index contributed by atoms with van der Waals surface area (Å²) in [6.07, 6.45) is 0.410. The van der Waals surface area contributed by atoms with Gasteiger partial charge in [-0.05, 0) is 18.2 Å². The third kappa shape index (κ3) is 2.32. The Hall–Kier alpha value is -0.890. The van der Waals surface area contributed by atoms with E-state index >= 15 is 0 Å². The van der Waals surface area contributed by atoms with Crippen LogP contribution in [-0.2, 0) is 22.2 Å². The molecule has 0 aliphatic carbocycles. The van der Waals surface area contributed by atoms with Crippen LogP contribution in [0.4, 0.5) is 0 Å². The zero-order valence-electron chi connectivity index (χ0n) is 6.75. The molecule has 14 heavy (non-hydrogen) atoms. The Morgan fingerprint density at radius 3 is 2.21 bits per heavy atom. The molecule has 1 rings (SSSR count). The fraction of sp³-hybridized carbons (Fsp3) is 0.